The van der Waals surface area contributed by atoms with Crippen LogP contribution in [-0.2, 0) is 4.65 Å². The van der Waals surface area contributed by atoms with Gasteiger partial charge in [0.05, 0.1) is 0 Å². The molecule has 0 saturated heterocycles. The number of rotatable bonds is 1. The molecule has 0 heterocycles. The molecule has 0 aliphatic carbocycles. The molecule has 28 valence electrons. The van der Waals surface area contributed by atoms with Crippen LogP contribution in [-0.4, -0.2) is 6.54 Å². The van der Waals surface area contributed by atoms with E-state index in [1.807, 2.05) is 0 Å². The molecule has 0 aliphatic heterocycles. The molecule has 0 aliphatic rings. The Labute approximate surface area is 30.7 Å². The van der Waals surface area contributed by atoms with Gasteiger partial charge in [0.25, 0.3) is 0 Å². The van der Waals surface area contributed by atoms with Gasteiger partial charge in [0, 0.05) is 0 Å². The van der Waals surface area contributed by atoms with E-state index in [9.17, 15) is 0 Å². The number of hydrogen-bond acceptors (Lipinski definition) is 0. The van der Waals surface area contributed by atoms with Crippen LogP contribution in [0, 0.1) is 6.15 Å². The van der Waals surface area contributed by atoms with Gasteiger partial charge in [-0.15, -0.1) is 0 Å². The van der Waals surface area contributed by atoms with Gasteiger partial charge in [-0.25, -0.2) is 0 Å². The Morgan fingerprint density at radius 2 is 2.40 bits per heavy atom. The maximum atomic E-state index is 9.16. The summed E-state index contributed by atoms with van der Waals surface area (Å²) >= 11 is 0. The first kappa shape index (κ1) is 4.70. The fourth-order valence-corrected chi connectivity index (χ4v) is 0.0510. The van der Waals surface area contributed by atoms with Crippen molar-refractivity contribution in [2.24, 2.45) is 0 Å². The van der Waals surface area contributed by atoms with Crippen LogP contribution in [0.5, 0.6) is 0 Å². The van der Waals surface area contributed by atoms with Crippen molar-refractivity contribution in [3.63, 3.8) is 0 Å². The van der Waals surface area contributed by atoms with E-state index in [0.29, 0.717) is 0 Å². The van der Waals surface area contributed by atoms with Gasteiger partial charge in [0.15, 0.2) is 0 Å². The van der Waals surface area contributed by atoms with E-state index in [4.69, 9.17) is 10.4 Å². The molecule has 2 nitrogen and oxygen atoms in total. The topological polar surface area (TPSA) is 43.7 Å². The molecule has 0 saturated carbocycles. The van der Waals surface area contributed by atoms with Crippen molar-refractivity contribution in [3.05, 3.63) is 5.73 Å². The van der Waals surface area contributed by atoms with E-state index in [1.54, 1.807) is 6.15 Å². The minimum atomic E-state index is 0.170. The summed E-state index contributed by atoms with van der Waals surface area (Å²) in [5, 5.41) is 0. The Balaban J connectivity index is 2.48. The van der Waals surface area contributed by atoms with Crippen molar-refractivity contribution >= 4 is 0 Å². The molecule has 0 spiro atoms. The fourth-order valence-electron chi connectivity index (χ4n) is 0.0510. The Bertz CT molecular complexity index is 45.3. The Kier molecular flexibility index (Phi) is 3.48. The van der Waals surface area contributed by atoms with E-state index in [0.717, 1.165) is 0 Å². The molecular weight excluding hydrogens is 66.0 g/mol. The van der Waals surface area contributed by atoms with Gasteiger partial charge in [-0.2, -0.15) is 0 Å². The molecule has 0 fully saturated rings. The zero-order valence-electron chi connectivity index (χ0n) is 2.82. The summed E-state index contributed by atoms with van der Waals surface area (Å²) in [6.45, 7) is 0.170. The van der Waals surface area contributed by atoms with Crippen LogP contribution in [0.2, 0.25) is 0 Å². The van der Waals surface area contributed by atoms with Gasteiger partial charge in [0.1, 0.15) is 0 Å². The van der Waals surface area contributed by atoms with Crippen LogP contribution in [0.25, 0.3) is 5.73 Å². The third-order valence-corrected chi connectivity index (χ3v) is 0.227. The molecule has 1 N–H and O–H groups in total. The zero-order valence-corrected chi connectivity index (χ0v) is 2.82. The van der Waals surface area contributed by atoms with Crippen molar-refractivity contribution in [2.75, 3.05) is 6.54 Å². The zero-order chi connectivity index (χ0) is 4.12. The average Bonchev–Trinajstić information content (AvgIpc) is 1.41. The predicted molar refractivity (Wildman–Crippen MR) is 18.4 cm³/mol. The van der Waals surface area contributed by atoms with Gasteiger partial charge in [0.2, 0.25) is 0 Å². The van der Waals surface area contributed by atoms with Crippen molar-refractivity contribution in [1.82, 2.24) is 0 Å². The fraction of sp³-hybridized carbons (Fsp3) is 0.667. The van der Waals surface area contributed by atoms with Crippen molar-refractivity contribution in [3.8, 4) is 6.15 Å². The van der Waals surface area contributed by atoms with Crippen LogP contribution in [0.3, 0.4) is 0 Å². The third-order valence-electron chi connectivity index (χ3n) is 0.227. The Morgan fingerprint density at radius 3 is 2.40 bits per heavy atom. The van der Waals surface area contributed by atoms with Gasteiger partial charge < -0.3 is 0 Å². The quantitative estimate of drug-likeness (QED) is 0.411. The first-order valence-electron chi connectivity index (χ1n) is 1.41. The van der Waals surface area contributed by atoms with E-state index >= 15 is 0 Å². The molecule has 5 heavy (non-hydrogen) atoms. The summed E-state index contributed by atoms with van der Waals surface area (Å²) in [6.07, 6.45) is 1.83. The Hall–Kier alpha value is -0.300. The molecule has 2 heteroatoms. The van der Waals surface area contributed by atoms with Crippen LogP contribution in [0.4, 0.5) is 0 Å². The molecular formula is C3H5NO. The molecule has 0 amide bonds. The monoisotopic (exact) mass is 71.0 g/mol. The molecule has 0 rings (SSSR count). The van der Waals surface area contributed by atoms with Crippen LogP contribution < -0.4 is 0 Å². The van der Waals surface area contributed by atoms with Gasteiger partial charge in [-0.05, 0) is 0 Å². The molecule has 0 aromatic rings. The molecule has 0 atom stereocenters. The van der Waals surface area contributed by atoms with Gasteiger partial charge >= 0.3 is 29.5 Å². The molecule has 0 radical (unpaired) electrons. The molecule has 0 aromatic heterocycles. The number of nitrogens with one attached hydrogen (secondary N) is 1. The van der Waals surface area contributed by atoms with Gasteiger partial charge in [-0.1, -0.05) is 0 Å². The standard InChI is InChI=1S/C3H5NO/c4-2-1-3-5/h4H,1-2H2. The minimum absolute atomic E-state index is 0.170. The van der Waals surface area contributed by atoms with Crippen molar-refractivity contribution in [1.29, 1.82) is 0 Å². The summed E-state index contributed by atoms with van der Waals surface area (Å²) in [5.41, 5.74) is 6.34. The third kappa shape index (κ3) is 3.70. The van der Waals surface area contributed by atoms with Gasteiger partial charge in [-0.3, -0.25) is 0 Å². The van der Waals surface area contributed by atoms with Crippen LogP contribution in [0.15, 0.2) is 0 Å². The van der Waals surface area contributed by atoms with E-state index in [1.165, 1.54) is 0 Å². The SMILES string of the molecule is [NH-]CCC#[O+]. The summed E-state index contributed by atoms with van der Waals surface area (Å²) in [5.74, 6) is 0. The first-order valence-corrected chi connectivity index (χ1v) is 1.41. The van der Waals surface area contributed by atoms with E-state index in [-0.39, 0.29) is 13.0 Å². The molecule has 0 unspecified atom stereocenters. The van der Waals surface area contributed by atoms with Crippen LogP contribution in [0.1, 0.15) is 6.42 Å². The second-order valence-electron chi connectivity index (χ2n) is 0.644. The second-order valence-corrected chi connectivity index (χ2v) is 0.644. The van der Waals surface area contributed by atoms with Crippen LogP contribution >= 0.6 is 0 Å². The summed E-state index contributed by atoms with van der Waals surface area (Å²) in [6, 6.07) is 0. The Morgan fingerprint density at radius 1 is 1.80 bits per heavy atom. The average molecular weight is 71.1 g/mol. The maximum absolute atomic E-state index is 9.16. The normalized spacial score (nSPS) is 6.40. The first-order chi connectivity index (χ1) is 2.41. The summed E-state index contributed by atoms with van der Waals surface area (Å²) in [4.78, 5) is 0. The number of hydrogen-bond donors (Lipinski definition) is 0. The second kappa shape index (κ2) is 3.70. The summed E-state index contributed by atoms with van der Waals surface area (Å²) < 4.78 is 9.16. The van der Waals surface area contributed by atoms with E-state index in [2.05, 4.69) is 0 Å². The van der Waals surface area contributed by atoms with E-state index < -0.39 is 0 Å². The molecule has 0 bridgehead atoms. The molecule has 0 aromatic carbocycles. The predicted octanol–water partition coefficient (Wildman–Crippen LogP) is 0.818. The van der Waals surface area contributed by atoms with Crippen molar-refractivity contribution in [2.45, 2.75) is 6.42 Å². The van der Waals surface area contributed by atoms with Crippen molar-refractivity contribution < 1.29 is 4.65 Å². The summed E-state index contributed by atoms with van der Waals surface area (Å²) in [7, 11) is 0.